The third-order valence-corrected chi connectivity index (χ3v) is 4.69. The third-order valence-electron chi connectivity index (χ3n) is 3.91. The van der Waals surface area contributed by atoms with Gasteiger partial charge in [-0.1, -0.05) is 31.9 Å². The second-order valence-corrected chi connectivity index (χ2v) is 8.41. The average molecular weight is 381 g/mol. The van der Waals surface area contributed by atoms with Crippen LogP contribution in [0.2, 0.25) is 0 Å². The summed E-state index contributed by atoms with van der Waals surface area (Å²) in [4.78, 5) is 28.0. The van der Waals surface area contributed by atoms with Crippen molar-refractivity contribution in [1.29, 1.82) is 0 Å². The molecule has 142 valence electrons. The normalized spacial score (nSPS) is 12.8. The molecule has 1 amide bonds. The van der Waals surface area contributed by atoms with E-state index >= 15 is 0 Å². The van der Waals surface area contributed by atoms with Crippen LogP contribution in [0.1, 0.15) is 32.0 Å². The molecule has 0 fully saturated rings. The van der Waals surface area contributed by atoms with Crippen LogP contribution in [0.4, 0.5) is 0 Å². The third kappa shape index (κ3) is 5.29. The molecule has 0 spiro atoms. The highest BCUT2D eigenvalue weighted by molar-refractivity contribution is 7.89. The fraction of sp³-hybridized carbons (Fsp3) is 0.471. The molecule has 9 heteroatoms. The van der Waals surface area contributed by atoms with Gasteiger partial charge in [-0.3, -0.25) is 4.79 Å². The Morgan fingerprint density at radius 3 is 2.62 bits per heavy atom. The molecule has 0 aliphatic carbocycles. The maximum atomic E-state index is 12.4. The Hall–Kier alpha value is -2.42. The number of rotatable bonds is 9. The topological polar surface area (TPSA) is 118 Å². The highest BCUT2D eigenvalue weighted by atomic mass is 32.2. The van der Waals surface area contributed by atoms with Gasteiger partial charge in [0.05, 0.1) is 11.0 Å². The highest BCUT2D eigenvalue weighted by Gasteiger charge is 2.22. The van der Waals surface area contributed by atoms with Crippen LogP contribution in [-0.4, -0.2) is 47.2 Å². The van der Waals surface area contributed by atoms with E-state index in [9.17, 15) is 23.1 Å². The van der Waals surface area contributed by atoms with Crippen LogP contribution in [0.25, 0.3) is 11.0 Å². The smallest absolute Gasteiger partial charge is 0.326 e. The Morgan fingerprint density at radius 2 is 2.00 bits per heavy atom. The number of carbonyl (C=O) groups excluding carboxylic acids is 1. The van der Waals surface area contributed by atoms with Crippen LogP contribution >= 0.6 is 0 Å². The van der Waals surface area contributed by atoms with Crippen molar-refractivity contribution < 1.29 is 23.1 Å². The van der Waals surface area contributed by atoms with Crippen molar-refractivity contribution in [2.45, 2.75) is 44.5 Å². The van der Waals surface area contributed by atoms with Gasteiger partial charge in [0.25, 0.3) is 0 Å². The summed E-state index contributed by atoms with van der Waals surface area (Å²) in [7, 11) is -3.34. The second-order valence-electron chi connectivity index (χ2n) is 6.27. The number of carbonyl (C=O) groups is 2. The lowest BCUT2D eigenvalue weighted by molar-refractivity contribution is -0.142. The summed E-state index contributed by atoms with van der Waals surface area (Å²) in [5.41, 5.74) is 1.21. The zero-order valence-electron chi connectivity index (χ0n) is 14.8. The fourth-order valence-electron chi connectivity index (χ4n) is 2.70. The zero-order chi connectivity index (χ0) is 19.3. The van der Waals surface area contributed by atoms with Gasteiger partial charge in [-0.05, 0) is 18.6 Å². The van der Waals surface area contributed by atoms with E-state index in [0.717, 1.165) is 12.7 Å². The summed E-state index contributed by atoms with van der Waals surface area (Å²) in [6, 6.07) is 6.05. The Labute approximate surface area is 152 Å². The first-order valence-corrected chi connectivity index (χ1v) is 10.4. The van der Waals surface area contributed by atoms with Crippen molar-refractivity contribution in [2.75, 3.05) is 6.26 Å². The van der Waals surface area contributed by atoms with Gasteiger partial charge in [-0.25, -0.2) is 18.2 Å². The van der Waals surface area contributed by atoms with Crippen molar-refractivity contribution in [1.82, 2.24) is 14.9 Å². The monoisotopic (exact) mass is 381 g/mol. The summed E-state index contributed by atoms with van der Waals surface area (Å²) in [5, 5.41) is 11.7. The number of aromatic nitrogens is 2. The van der Waals surface area contributed by atoms with Crippen molar-refractivity contribution in [3.05, 3.63) is 30.1 Å². The van der Waals surface area contributed by atoms with Crippen LogP contribution in [-0.2, 0) is 31.7 Å². The zero-order valence-corrected chi connectivity index (χ0v) is 15.6. The maximum Gasteiger partial charge on any atom is 0.326 e. The van der Waals surface area contributed by atoms with Gasteiger partial charge >= 0.3 is 5.97 Å². The molecule has 0 saturated heterocycles. The number of benzene rings is 1. The SMILES string of the molecule is CCCCC(NC(=O)Cn1c(CS(C)(=O)=O)nc2ccccc21)C(=O)O. The van der Waals surface area contributed by atoms with Crippen molar-refractivity contribution in [2.24, 2.45) is 0 Å². The molecule has 1 aromatic carbocycles. The van der Waals surface area contributed by atoms with E-state index in [1.54, 1.807) is 24.3 Å². The van der Waals surface area contributed by atoms with Crippen molar-refractivity contribution in [3.63, 3.8) is 0 Å². The van der Waals surface area contributed by atoms with Crippen LogP contribution < -0.4 is 5.32 Å². The van der Waals surface area contributed by atoms with Gasteiger partial charge in [-0.15, -0.1) is 0 Å². The van der Waals surface area contributed by atoms with Gasteiger partial charge in [0.1, 0.15) is 24.2 Å². The Morgan fingerprint density at radius 1 is 1.31 bits per heavy atom. The number of unbranched alkanes of at least 4 members (excludes halogenated alkanes) is 1. The average Bonchev–Trinajstić information content (AvgIpc) is 2.86. The van der Waals surface area contributed by atoms with Gasteiger partial charge in [0.15, 0.2) is 9.84 Å². The number of hydrogen-bond donors (Lipinski definition) is 2. The minimum atomic E-state index is -3.34. The summed E-state index contributed by atoms with van der Waals surface area (Å²) >= 11 is 0. The standard InChI is InChI=1S/C17H23N3O5S/c1-3-4-7-13(17(22)23)19-16(21)10-20-14-9-6-5-8-12(14)18-15(20)11-26(2,24)25/h5-6,8-9,13H,3-4,7,10-11H2,1-2H3,(H,19,21)(H,22,23). The number of nitrogens with one attached hydrogen (secondary N) is 1. The lowest BCUT2D eigenvalue weighted by Gasteiger charge is -2.15. The number of sulfone groups is 1. The van der Waals surface area contributed by atoms with Crippen LogP contribution in [0.3, 0.4) is 0 Å². The molecule has 0 saturated carbocycles. The molecule has 2 N–H and O–H groups in total. The summed E-state index contributed by atoms with van der Waals surface area (Å²) in [6.07, 6.45) is 2.95. The largest absolute Gasteiger partial charge is 0.480 e. The quantitative estimate of drug-likeness (QED) is 0.677. The molecule has 0 aliphatic rings. The van der Waals surface area contributed by atoms with E-state index in [-0.39, 0.29) is 18.1 Å². The number of amides is 1. The predicted molar refractivity (Wildman–Crippen MR) is 97.4 cm³/mol. The molecule has 1 atom stereocenters. The van der Waals surface area contributed by atoms with E-state index in [2.05, 4.69) is 10.3 Å². The Kier molecular flexibility index (Phi) is 6.36. The molecule has 0 bridgehead atoms. The van der Waals surface area contributed by atoms with Gasteiger partial charge in [0, 0.05) is 6.26 Å². The molecule has 2 rings (SSSR count). The second kappa shape index (κ2) is 8.31. The Balaban J connectivity index is 2.26. The number of para-hydroxylation sites is 2. The number of carboxylic acid groups (broad SMARTS) is 1. The number of carboxylic acids is 1. The molecule has 1 aromatic heterocycles. The van der Waals surface area contributed by atoms with Gasteiger partial charge < -0.3 is 15.0 Å². The molecule has 26 heavy (non-hydrogen) atoms. The summed E-state index contributed by atoms with van der Waals surface area (Å²) in [6.45, 7) is 1.75. The van der Waals surface area contributed by atoms with E-state index in [4.69, 9.17) is 0 Å². The molecular formula is C17H23N3O5S. The van der Waals surface area contributed by atoms with Gasteiger partial charge in [-0.2, -0.15) is 0 Å². The highest BCUT2D eigenvalue weighted by Crippen LogP contribution is 2.17. The number of hydrogen-bond acceptors (Lipinski definition) is 5. The lowest BCUT2D eigenvalue weighted by atomic mass is 10.1. The lowest BCUT2D eigenvalue weighted by Crippen LogP contribution is -2.42. The molecule has 1 unspecified atom stereocenters. The predicted octanol–water partition coefficient (Wildman–Crippen LogP) is 1.34. The van der Waals surface area contributed by atoms with Gasteiger partial charge in [0.2, 0.25) is 5.91 Å². The fourth-order valence-corrected chi connectivity index (χ4v) is 3.39. The molecule has 8 nitrogen and oxygen atoms in total. The number of nitrogens with zero attached hydrogens (tertiary/aromatic N) is 2. The summed E-state index contributed by atoms with van der Waals surface area (Å²) in [5.74, 6) is -1.62. The molecule has 1 heterocycles. The number of fused-ring (bicyclic) bond motifs is 1. The van der Waals surface area contributed by atoms with Crippen LogP contribution in [0.15, 0.2) is 24.3 Å². The van der Waals surface area contributed by atoms with Crippen LogP contribution in [0, 0.1) is 0 Å². The maximum absolute atomic E-state index is 12.4. The minimum Gasteiger partial charge on any atom is -0.480 e. The van der Waals surface area contributed by atoms with E-state index in [1.807, 2.05) is 6.92 Å². The number of imidazole rings is 1. The molecular weight excluding hydrogens is 358 g/mol. The van der Waals surface area contributed by atoms with E-state index in [1.165, 1.54) is 4.57 Å². The summed E-state index contributed by atoms with van der Waals surface area (Å²) < 4.78 is 24.9. The first-order valence-electron chi connectivity index (χ1n) is 8.35. The minimum absolute atomic E-state index is 0.193. The first-order chi connectivity index (χ1) is 12.2. The van der Waals surface area contributed by atoms with Crippen LogP contribution in [0.5, 0.6) is 0 Å². The van der Waals surface area contributed by atoms with Crippen molar-refractivity contribution in [3.8, 4) is 0 Å². The van der Waals surface area contributed by atoms with Crippen molar-refractivity contribution >= 4 is 32.7 Å². The molecule has 0 aliphatic heterocycles. The Bertz CT molecular complexity index is 904. The van der Waals surface area contributed by atoms with E-state index < -0.39 is 27.8 Å². The molecule has 2 aromatic rings. The first kappa shape index (κ1) is 19.9. The number of aliphatic carboxylic acids is 1. The molecule has 0 radical (unpaired) electrons. The van der Waals surface area contributed by atoms with E-state index in [0.29, 0.717) is 23.9 Å².